The SMILES string of the molecule is Cc1cncn1C(C)c1ccccc1. The molecule has 0 amide bonds. The summed E-state index contributed by atoms with van der Waals surface area (Å²) >= 11 is 0. The molecule has 0 aliphatic carbocycles. The van der Waals surface area contributed by atoms with Crippen molar-refractivity contribution in [2.24, 2.45) is 0 Å². The van der Waals surface area contributed by atoms with Crippen LogP contribution < -0.4 is 0 Å². The van der Waals surface area contributed by atoms with Crippen LogP contribution in [0.5, 0.6) is 0 Å². The number of hydrogen-bond donors (Lipinski definition) is 0. The van der Waals surface area contributed by atoms with Crippen LogP contribution in [0.15, 0.2) is 42.9 Å². The van der Waals surface area contributed by atoms with Gasteiger partial charge in [-0.1, -0.05) is 30.3 Å². The molecule has 0 spiro atoms. The van der Waals surface area contributed by atoms with E-state index in [1.54, 1.807) is 0 Å². The first-order chi connectivity index (χ1) is 6.79. The van der Waals surface area contributed by atoms with Gasteiger partial charge in [-0.3, -0.25) is 0 Å². The van der Waals surface area contributed by atoms with Gasteiger partial charge in [-0.2, -0.15) is 0 Å². The van der Waals surface area contributed by atoms with Gasteiger partial charge in [0, 0.05) is 11.9 Å². The Morgan fingerprint density at radius 2 is 1.93 bits per heavy atom. The lowest BCUT2D eigenvalue weighted by Crippen LogP contribution is -2.06. The second-order valence-electron chi connectivity index (χ2n) is 3.53. The summed E-state index contributed by atoms with van der Waals surface area (Å²) in [7, 11) is 0. The normalized spacial score (nSPS) is 12.7. The lowest BCUT2D eigenvalue weighted by Gasteiger charge is -2.15. The van der Waals surface area contributed by atoms with Crippen molar-refractivity contribution in [2.45, 2.75) is 19.9 Å². The average molecular weight is 186 g/mol. The van der Waals surface area contributed by atoms with Gasteiger partial charge < -0.3 is 4.57 Å². The van der Waals surface area contributed by atoms with E-state index in [4.69, 9.17) is 0 Å². The summed E-state index contributed by atoms with van der Waals surface area (Å²) in [5.74, 6) is 0. The van der Waals surface area contributed by atoms with Gasteiger partial charge in [-0.25, -0.2) is 4.98 Å². The molecular formula is C12H14N2. The number of aryl methyl sites for hydroxylation is 1. The molecule has 0 bridgehead atoms. The molecule has 1 aromatic carbocycles. The summed E-state index contributed by atoms with van der Waals surface area (Å²) in [4.78, 5) is 4.13. The number of imidazole rings is 1. The number of nitrogens with zero attached hydrogens (tertiary/aromatic N) is 2. The molecule has 1 unspecified atom stereocenters. The molecule has 14 heavy (non-hydrogen) atoms. The highest BCUT2D eigenvalue weighted by Crippen LogP contribution is 2.18. The van der Waals surface area contributed by atoms with E-state index in [0.717, 1.165) is 0 Å². The van der Waals surface area contributed by atoms with Crippen molar-refractivity contribution in [3.8, 4) is 0 Å². The summed E-state index contributed by atoms with van der Waals surface area (Å²) in [5.41, 5.74) is 2.51. The number of aromatic nitrogens is 2. The number of benzene rings is 1. The minimum absolute atomic E-state index is 0.360. The maximum Gasteiger partial charge on any atom is 0.0953 e. The van der Waals surface area contributed by atoms with Gasteiger partial charge in [0.05, 0.1) is 12.4 Å². The summed E-state index contributed by atoms with van der Waals surface area (Å²) < 4.78 is 2.18. The molecule has 0 radical (unpaired) electrons. The zero-order chi connectivity index (χ0) is 9.97. The monoisotopic (exact) mass is 186 g/mol. The third-order valence-corrected chi connectivity index (χ3v) is 2.56. The zero-order valence-electron chi connectivity index (χ0n) is 8.51. The molecule has 0 N–H and O–H groups in total. The standard InChI is InChI=1S/C12H14N2/c1-10-8-13-9-14(10)11(2)12-6-4-3-5-7-12/h3-9,11H,1-2H3. The van der Waals surface area contributed by atoms with Crippen LogP contribution in [0.3, 0.4) is 0 Å². The largest absolute Gasteiger partial charge is 0.328 e. The highest BCUT2D eigenvalue weighted by Gasteiger charge is 2.07. The van der Waals surface area contributed by atoms with E-state index in [1.807, 2.05) is 18.6 Å². The van der Waals surface area contributed by atoms with E-state index in [1.165, 1.54) is 11.3 Å². The Kier molecular flexibility index (Phi) is 2.35. The Morgan fingerprint density at radius 3 is 2.50 bits per heavy atom. The highest BCUT2D eigenvalue weighted by molar-refractivity contribution is 5.20. The van der Waals surface area contributed by atoms with Crippen molar-refractivity contribution >= 4 is 0 Å². The van der Waals surface area contributed by atoms with Crippen LogP contribution in [0.25, 0.3) is 0 Å². The fourth-order valence-electron chi connectivity index (χ4n) is 1.67. The molecule has 2 rings (SSSR count). The quantitative estimate of drug-likeness (QED) is 0.705. The summed E-state index contributed by atoms with van der Waals surface area (Å²) in [5, 5.41) is 0. The number of rotatable bonds is 2. The molecule has 0 aliphatic heterocycles. The van der Waals surface area contributed by atoms with Crippen molar-refractivity contribution in [1.29, 1.82) is 0 Å². The Hall–Kier alpha value is -1.57. The van der Waals surface area contributed by atoms with Crippen molar-refractivity contribution in [2.75, 3.05) is 0 Å². The van der Waals surface area contributed by atoms with Crippen LogP contribution >= 0.6 is 0 Å². The second-order valence-corrected chi connectivity index (χ2v) is 3.53. The predicted octanol–water partition coefficient (Wildman–Crippen LogP) is 2.80. The molecule has 2 heteroatoms. The lowest BCUT2D eigenvalue weighted by atomic mass is 10.1. The topological polar surface area (TPSA) is 17.8 Å². The molecular weight excluding hydrogens is 172 g/mol. The first-order valence-corrected chi connectivity index (χ1v) is 4.82. The maximum atomic E-state index is 4.13. The van der Waals surface area contributed by atoms with Gasteiger partial charge in [-0.15, -0.1) is 0 Å². The molecule has 0 fully saturated rings. The van der Waals surface area contributed by atoms with Gasteiger partial charge in [-0.05, 0) is 19.4 Å². The van der Waals surface area contributed by atoms with Gasteiger partial charge in [0.15, 0.2) is 0 Å². The lowest BCUT2D eigenvalue weighted by molar-refractivity contribution is 0.622. The Morgan fingerprint density at radius 1 is 1.21 bits per heavy atom. The first-order valence-electron chi connectivity index (χ1n) is 4.82. The minimum atomic E-state index is 0.360. The summed E-state index contributed by atoms with van der Waals surface area (Å²) in [6.45, 7) is 4.26. The molecule has 1 heterocycles. The molecule has 0 aliphatic rings. The summed E-state index contributed by atoms with van der Waals surface area (Å²) in [6, 6.07) is 10.8. The number of hydrogen-bond acceptors (Lipinski definition) is 1. The molecule has 1 aromatic heterocycles. The smallest absolute Gasteiger partial charge is 0.0953 e. The van der Waals surface area contributed by atoms with E-state index in [9.17, 15) is 0 Å². The maximum absolute atomic E-state index is 4.13. The zero-order valence-corrected chi connectivity index (χ0v) is 8.51. The molecule has 0 saturated carbocycles. The third-order valence-electron chi connectivity index (χ3n) is 2.56. The van der Waals surface area contributed by atoms with Gasteiger partial charge in [0.2, 0.25) is 0 Å². The Bertz CT molecular complexity index is 403. The molecule has 2 nitrogen and oxygen atoms in total. The van der Waals surface area contributed by atoms with Crippen molar-refractivity contribution < 1.29 is 0 Å². The van der Waals surface area contributed by atoms with Gasteiger partial charge in [0.25, 0.3) is 0 Å². The van der Waals surface area contributed by atoms with Crippen LogP contribution in [0.2, 0.25) is 0 Å². The molecule has 1 atom stereocenters. The van der Waals surface area contributed by atoms with Crippen LogP contribution in [0, 0.1) is 6.92 Å². The van der Waals surface area contributed by atoms with Crippen LogP contribution in [0.1, 0.15) is 24.2 Å². The Balaban J connectivity index is 2.34. The fourth-order valence-corrected chi connectivity index (χ4v) is 1.67. The third kappa shape index (κ3) is 1.55. The second kappa shape index (κ2) is 3.66. The molecule has 0 saturated heterocycles. The fraction of sp³-hybridized carbons (Fsp3) is 0.250. The first kappa shape index (κ1) is 9.00. The van der Waals surface area contributed by atoms with Crippen molar-refractivity contribution in [1.82, 2.24) is 9.55 Å². The van der Waals surface area contributed by atoms with Crippen LogP contribution in [0.4, 0.5) is 0 Å². The highest BCUT2D eigenvalue weighted by atomic mass is 15.1. The molecule has 2 aromatic rings. The van der Waals surface area contributed by atoms with E-state index in [-0.39, 0.29) is 0 Å². The Labute approximate surface area is 84.2 Å². The predicted molar refractivity (Wildman–Crippen MR) is 57.2 cm³/mol. The van der Waals surface area contributed by atoms with E-state index in [0.29, 0.717) is 6.04 Å². The van der Waals surface area contributed by atoms with E-state index < -0.39 is 0 Å². The van der Waals surface area contributed by atoms with E-state index in [2.05, 4.69) is 47.7 Å². The van der Waals surface area contributed by atoms with Crippen LogP contribution in [-0.2, 0) is 0 Å². The van der Waals surface area contributed by atoms with Crippen LogP contribution in [-0.4, -0.2) is 9.55 Å². The van der Waals surface area contributed by atoms with Crippen molar-refractivity contribution in [3.63, 3.8) is 0 Å². The summed E-state index contributed by atoms with van der Waals surface area (Å²) in [6.07, 6.45) is 3.77. The van der Waals surface area contributed by atoms with E-state index >= 15 is 0 Å². The molecule has 72 valence electrons. The van der Waals surface area contributed by atoms with Crippen molar-refractivity contribution in [3.05, 3.63) is 54.1 Å². The van der Waals surface area contributed by atoms with Gasteiger partial charge >= 0.3 is 0 Å². The van der Waals surface area contributed by atoms with Gasteiger partial charge in [0.1, 0.15) is 0 Å². The average Bonchev–Trinajstić information content (AvgIpc) is 2.65. The minimum Gasteiger partial charge on any atom is -0.328 e.